The van der Waals surface area contributed by atoms with Gasteiger partial charge in [-0.3, -0.25) is 19.5 Å². The molecule has 1 amide bonds. The van der Waals surface area contributed by atoms with Crippen LogP contribution < -0.4 is 14.4 Å². The zero-order valence-corrected chi connectivity index (χ0v) is 19.0. The number of ether oxygens (including phenoxy) is 2. The van der Waals surface area contributed by atoms with Gasteiger partial charge in [-0.05, 0) is 55.8 Å². The van der Waals surface area contributed by atoms with Crippen LogP contribution in [0.5, 0.6) is 11.5 Å². The van der Waals surface area contributed by atoms with Crippen molar-refractivity contribution in [3.8, 4) is 11.5 Å². The maximum Gasteiger partial charge on any atom is 0.300 e. The molecule has 1 atom stereocenters. The molecule has 35 heavy (non-hydrogen) atoms. The monoisotopic (exact) mass is 480 g/mol. The lowest BCUT2D eigenvalue weighted by atomic mass is 9.95. The summed E-state index contributed by atoms with van der Waals surface area (Å²) in [6, 6.07) is 9.62. The van der Waals surface area contributed by atoms with Crippen molar-refractivity contribution in [2.45, 2.75) is 19.9 Å². The quantitative estimate of drug-likeness (QED) is 0.297. The molecule has 0 spiro atoms. The number of aliphatic hydroxyl groups is 1. The SMILES string of the molecule is CCOc1ccc(/C(O)=C2/C(=O)C(=O)N(c3ccc(F)c(F)c3)C2c2ccncc2)c(OCC)c1. The van der Waals surface area contributed by atoms with Crippen molar-refractivity contribution in [1.82, 2.24) is 4.98 Å². The van der Waals surface area contributed by atoms with Crippen LogP contribution in [0.15, 0.2) is 66.5 Å². The largest absolute Gasteiger partial charge is 0.507 e. The first-order valence-corrected chi connectivity index (χ1v) is 10.9. The van der Waals surface area contributed by atoms with Gasteiger partial charge in [-0.1, -0.05) is 0 Å². The number of hydrogen-bond acceptors (Lipinski definition) is 6. The standard InChI is InChI=1S/C26H22F2N2O5/c1-3-34-17-6-7-18(21(14-17)35-4-2)24(31)22-23(15-9-11-29-12-10-15)30(26(33)25(22)32)16-5-8-19(27)20(28)13-16/h5-14,23,31H,3-4H2,1-2H3/b24-22-. The van der Waals surface area contributed by atoms with Crippen molar-refractivity contribution >= 4 is 23.1 Å². The highest BCUT2D eigenvalue weighted by molar-refractivity contribution is 6.51. The summed E-state index contributed by atoms with van der Waals surface area (Å²) >= 11 is 0. The van der Waals surface area contributed by atoms with Gasteiger partial charge in [0.15, 0.2) is 11.6 Å². The molecule has 1 saturated heterocycles. The molecule has 1 aliphatic heterocycles. The van der Waals surface area contributed by atoms with Gasteiger partial charge >= 0.3 is 0 Å². The summed E-state index contributed by atoms with van der Waals surface area (Å²) in [5.41, 5.74) is 0.353. The van der Waals surface area contributed by atoms with E-state index in [1.54, 1.807) is 31.2 Å². The van der Waals surface area contributed by atoms with Crippen LogP contribution in [0.1, 0.15) is 31.0 Å². The number of Topliss-reactive ketones (excluding diaryl/α,β-unsaturated/α-hetero) is 1. The summed E-state index contributed by atoms with van der Waals surface area (Å²) in [5, 5.41) is 11.3. The van der Waals surface area contributed by atoms with Crippen LogP contribution >= 0.6 is 0 Å². The zero-order valence-electron chi connectivity index (χ0n) is 19.0. The second-order valence-electron chi connectivity index (χ2n) is 7.57. The maximum absolute atomic E-state index is 14.0. The van der Waals surface area contributed by atoms with Gasteiger partial charge in [0.05, 0.1) is 30.4 Å². The molecular weight excluding hydrogens is 458 g/mol. The minimum absolute atomic E-state index is 0.0383. The number of aromatic nitrogens is 1. The molecule has 2 heterocycles. The van der Waals surface area contributed by atoms with Crippen molar-refractivity contribution in [3.63, 3.8) is 0 Å². The number of halogens is 2. The molecule has 7 nitrogen and oxygen atoms in total. The maximum atomic E-state index is 14.0. The van der Waals surface area contributed by atoms with Crippen LogP contribution in [-0.4, -0.2) is 35.0 Å². The molecular formula is C26H22F2N2O5. The summed E-state index contributed by atoms with van der Waals surface area (Å²) in [5.74, 6) is -3.97. The molecule has 1 unspecified atom stereocenters. The fourth-order valence-corrected chi connectivity index (χ4v) is 3.97. The Morgan fingerprint density at radius 1 is 0.971 bits per heavy atom. The van der Waals surface area contributed by atoms with E-state index in [2.05, 4.69) is 4.98 Å². The number of benzene rings is 2. The van der Waals surface area contributed by atoms with E-state index in [1.165, 1.54) is 24.5 Å². The summed E-state index contributed by atoms with van der Waals surface area (Å²) in [6.07, 6.45) is 2.92. The van der Waals surface area contributed by atoms with E-state index in [0.29, 0.717) is 17.9 Å². The van der Waals surface area contributed by atoms with Crippen LogP contribution in [0, 0.1) is 11.6 Å². The van der Waals surface area contributed by atoms with Crippen molar-refractivity contribution in [3.05, 3.63) is 89.3 Å². The number of nitrogens with zero attached hydrogens (tertiary/aromatic N) is 2. The van der Waals surface area contributed by atoms with Crippen LogP contribution in [-0.2, 0) is 9.59 Å². The smallest absolute Gasteiger partial charge is 0.300 e. The third-order valence-electron chi connectivity index (χ3n) is 5.47. The lowest BCUT2D eigenvalue weighted by molar-refractivity contribution is -0.132. The molecule has 0 bridgehead atoms. The molecule has 2 aromatic carbocycles. The fraction of sp³-hybridized carbons (Fsp3) is 0.192. The van der Waals surface area contributed by atoms with Gasteiger partial charge in [0.2, 0.25) is 0 Å². The second-order valence-corrected chi connectivity index (χ2v) is 7.57. The number of anilines is 1. The van der Waals surface area contributed by atoms with Gasteiger partial charge in [-0.25, -0.2) is 8.78 Å². The molecule has 0 saturated carbocycles. The Kier molecular flexibility index (Phi) is 6.77. The molecule has 9 heteroatoms. The minimum atomic E-state index is -1.18. The van der Waals surface area contributed by atoms with Crippen molar-refractivity contribution in [2.75, 3.05) is 18.1 Å². The van der Waals surface area contributed by atoms with Gasteiger partial charge < -0.3 is 14.6 Å². The first kappa shape index (κ1) is 23.9. The average molecular weight is 480 g/mol. The third kappa shape index (κ3) is 4.44. The number of rotatable bonds is 7. The summed E-state index contributed by atoms with van der Waals surface area (Å²) in [4.78, 5) is 31.3. The third-order valence-corrected chi connectivity index (χ3v) is 5.47. The van der Waals surface area contributed by atoms with Crippen molar-refractivity contribution in [1.29, 1.82) is 0 Å². The predicted octanol–water partition coefficient (Wildman–Crippen LogP) is 4.78. The minimum Gasteiger partial charge on any atom is -0.507 e. The van der Waals surface area contributed by atoms with Crippen LogP contribution in [0.2, 0.25) is 0 Å². The lowest BCUT2D eigenvalue weighted by Crippen LogP contribution is -2.29. The Morgan fingerprint density at radius 3 is 2.34 bits per heavy atom. The van der Waals surface area contributed by atoms with E-state index in [4.69, 9.17) is 9.47 Å². The van der Waals surface area contributed by atoms with E-state index in [-0.39, 0.29) is 29.2 Å². The highest BCUT2D eigenvalue weighted by Gasteiger charge is 2.47. The Morgan fingerprint density at radius 2 is 1.69 bits per heavy atom. The fourth-order valence-electron chi connectivity index (χ4n) is 3.97. The number of ketones is 1. The summed E-state index contributed by atoms with van der Waals surface area (Å²) in [6.45, 7) is 4.27. The van der Waals surface area contributed by atoms with Gasteiger partial charge in [0, 0.05) is 30.2 Å². The molecule has 1 aromatic heterocycles. The number of carbonyl (C=O) groups is 2. The van der Waals surface area contributed by atoms with E-state index < -0.39 is 35.1 Å². The van der Waals surface area contributed by atoms with Crippen molar-refractivity contribution < 1.29 is 33.0 Å². The predicted molar refractivity (Wildman–Crippen MR) is 124 cm³/mol. The van der Waals surface area contributed by atoms with Gasteiger partial charge in [-0.15, -0.1) is 0 Å². The number of carbonyl (C=O) groups excluding carboxylic acids is 2. The summed E-state index contributed by atoms with van der Waals surface area (Å²) in [7, 11) is 0. The first-order chi connectivity index (χ1) is 16.9. The highest BCUT2D eigenvalue weighted by atomic mass is 19.2. The molecule has 3 aromatic rings. The van der Waals surface area contributed by atoms with Crippen molar-refractivity contribution in [2.24, 2.45) is 0 Å². The van der Waals surface area contributed by atoms with Gasteiger partial charge in [0.25, 0.3) is 11.7 Å². The zero-order chi connectivity index (χ0) is 25.1. The van der Waals surface area contributed by atoms with Crippen LogP contribution in [0.25, 0.3) is 5.76 Å². The lowest BCUT2D eigenvalue weighted by Gasteiger charge is -2.25. The van der Waals surface area contributed by atoms with E-state index in [1.807, 2.05) is 6.92 Å². The Labute approximate surface area is 200 Å². The van der Waals surface area contributed by atoms with Crippen LogP contribution in [0.4, 0.5) is 14.5 Å². The van der Waals surface area contributed by atoms with E-state index in [9.17, 15) is 23.5 Å². The molecule has 180 valence electrons. The number of hydrogen-bond donors (Lipinski definition) is 1. The highest BCUT2D eigenvalue weighted by Crippen LogP contribution is 2.43. The molecule has 0 radical (unpaired) electrons. The topological polar surface area (TPSA) is 89.0 Å². The van der Waals surface area contributed by atoms with E-state index in [0.717, 1.165) is 17.0 Å². The molecule has 1 N–H and O–H groups in total. The number of amides is 1. The number of aliphatic hydroxyl groups excluding tert-OH is 1. The number of pyridine rings is 1. The summed E-state index contributed by atoms with van der Waals surface area (Å²) < 4.78 is 38.8. The molecule has 0 aliphatic carbocycles. The Bertz CT molecular complexity index is 1310. The average Bonchev–Trinajstić information content (AvgIpc) is 3.12. The Hall–Kier alpha value is -4.27. The molecule has 1 fully saturated rings. The van der Waals surface area contributed by atoms with E-state index >= 15 is 0 Å². The van der Waals surface area contributed by atoms with Crippen LogP contribution in [0.3, 0.4) is 0 Å². The first-order valence-electron chi connectivity index (χ1n) is 10.9. The normalized spacial score (nSPS) is 17.0. The Balaban J connectivity index is 1.93. The molecule has 1 aliphatic rings. The van der Waals surface area contributed by atoms with Gasteiger partial charge in [-0.2, -0.15) is 0 Å². The second kappa shape index (κ2) is 9.92. The molecule has 4 rings (SSSR count). The van der Waals surface area contributed by atoms with Gasteiger partial charge in [0.1, 0.15) is 17.3 Å².